The van der Waals surface area contributed by atoms with Crippen molar-refractivity contribution in [3.05, 3.63) is 33.8 Å². The molecule has 1 aromatic carbocycles. The second-order valence-electron chi connectivity index (χ2n) is 5.03. The minimum Gasteiger partial charge on any atom is -1.00 e. The summed E-state index contributed by atoms with van der Waals surface area (Å²) in [5.41, 5.74) is 0.827. The number of benzene rings is 1. The third-order valence-corrected chi connectivity index (χ3v) is 4.20. The van der Waals surface area contributed by atoms with E-state index in [1.807, 2.05) is 12.1 Å². The normalized spacial score (nSPS) is 22.1. The summed E-state index contributed by atoms with van der Waals surface area (Å²) in [5, 5.41) is 1.14. The smallest absolute Gasteiger partial charge is 0.139 e. The van der Waals surface area contributed by atoms with Crippen molar-refractivity contribution in [2.75, 3.05) is 19.6 Å². The van der Waals surface area contributed by atoms with E-state index in [-0.39, 0.29) is 12.4 Å². The predicted octanol–water partition coefficient (Wildman–Crippen LogP) is -0.336. The van der Waals surface area contributed by atoms with E-state index in [0.717, 1.165) is 18.0 Å². The van der Waals surface area contributed by atoms with Crippen molar-refractivity contribution in [2.24, 2.45) is 5.92 Å². The molecule has 1 aliphatic rings. The first kappa shape index (κ1) is 16.7. The maximum Gasteiger partial charge on any atom is 0.139 e. The summed E-state index contributed by atoms with van der Waals surface area (Å²) in [6, 6.07) is 5.58. The molecule has 0 aromatic heterocycles. The first-order chi connectivity index (χ1) is 8.66. The maximum absolute atomic E-state index is 6.10. The SMILES string of the molecule is CC1CCC[NH+](CC#Cc2cccc(Cl)c2Cl)C1.[Cl-]. The van der Waals surface area contributed by atoms with Crippen LogP contribution >= 0.6 is 23.2 Å². The molecule has 1 saturated heterocycles. The van der Waals surface area contributed by atoms with Crippen molar-refractivity contribution in [1.29, 1.82) is 0 Å². The van der Waals surface area contributed by atoms with Gasteiger partial charge in [-0.05, 0) is 30.9 Å². The van der Waals surface area contributed by atoms with E-state index >= 15 is 0 Å². The zero-order chi connectivity index (χ0) is 13.0. The molecule has 1 nitrogen and oxygen atoms in total. The molecule has 0 bridgehead atoms. The van der Waals surface area contributed by atoms with Crippen molar-refractivity contribution in [3.8, 4) is 11.8 Å². The molecule has 0 aliphatic carbocycles. The molecule has 1 N–H and O–H groups in total. The zero-order valence-electron chi connectivity index (χ0n) is 11.0. The summed E-state index contributed by atoms with van der Waals surface area (Å²) in [5.74, 6) is 7.18. The molecule has 2 unspecified atom stereocenters. The maximum atomic E-state index is 6.10. The molecule has 1 heterocycles. The van der Waals surface area contributed by atoms with Crippen LogP contribution < -0.4 is 17.3 Å². The van der Waals surface area contributed by atoms with Crippen LogP contribution in [0.1, 0.15) is 25.3 Å². The van der Waals surface area contributed by atoms with Crippen LogP contribution in [-0.4, -0.2) is 19.6 Å². The monoisotopic (exact) mass is 317 g/mol. The Labute approximate surface area is 131 Å². The van der Waals surface area contributed by atoms with Crippen LogP contribution in [0.2, 0.25) is 10.0 Å². The molecule has 1 aromatic rings. The van der Waals surface area contributed by atoms with E-state index in [0.29, 0.717) is 10.0 Å². The second kappa shape index (κ2) is 8.02. The molecule has 0 spiro atoms. The van der Waals surface area contributed by atoms with Crippen molar-refractivity contribution in [3.63, 3.8) is 0 Å². The van der Waals surface area contributed by atoms with Crippen LogP contribution in [0, 0.1) is 17.8 Å². The Kier molecular flexibility index (Phi) is 7.04. The molecule has 2 rings (SSSR count). The summed E-state index contributed by atoms with van der Waals surface area (Å²) in [6.45, 7) is 5.69. The number of likely N-dealkylation sites (tertiary alicyclic amines) is 1. The lowest BCUT2D eigenvalue weighted by Gasteiger charge is -2.26. The van der Waals surface area contributed by atoms with Crippen LogP contribution in [0.15, 0.2) is 18.2 Å². The lowest BCUT2D eigenvalue weighted by molar-refractivity contribution is -0.901. The van der Waals surface area contributed by atoms with Gasteiger partial charge in [0.1, 0.15) is 6.54 Å². The topological polar surface area (TPSA) is 4.44 Å². The number of halogens is 3. The highest BCUT2D eigenvalue weighted by atomic mass is 35.5. The summed E-state index contributed by atoms with van der Waals surface area (Å²) >= 11 is 12.1. The van der Waals surface area contributed by atoms with Gasteiger partial charge in [-0.3, -0.25) is 0 Å². The largest absolute Gasteiger partial charge is 1.00 e. The molecule has 1 fully saturated rings. The Balaban J connectivity index is 0.00000180. The fourth-order valence-electron chi connectivity index (χ4n) is 2.42. The number of rotatable bonds is 1. The van der Waals surface area contributed by atoms with Gasteiger partial charge in [-0.25, -0.2) is 0 Å². The van der Waals surface area contributed by atoms with Crippen LogP contribution in [0.3, 0.4) is 0 Å². The van der Waals surface area contributed by atoms with E-state index in [1.165, 1.54) is 25.9 Å². The quantitative estimate of drug-likeness (QED) is 0.676. The van der Waals surface area contributed by atoms with Crippen LogP contribution in [0.25, 0.3) is 0 Å². The lowest BCUT2D eigenvalue weighted by Crippen LogP contribution is -3.13. The van der Waals surface area contributed by atoms with Gasteiger partial charge in [0.25, 0.3) is 0 Å². The van der Waals surface area contributed by atoms with Gasteiger partial charge >= 0.3 is 0 Å². The number of hydrogen-bond donors (Lipinski definition) is 1. The third kappa shape index (κ3) is 4.89. The summed E-state index contributed by atoms with van der Waals surface area (Å²) in [4.78, 5) is 1.58. The standard InChI is InChI=1S/C15H17Cl2N.ClH/c1-12-5-3-9-18(11-12)10-4-7-13-6-2-8-14(16)15(13)17;/h2,6,8,12H,3,5,9-11H2,1H3;1H. The van der Waals surface area contributed by atoms with Crippen LogP contribution in [0.4, 0.5) is 0 Å². The Morgan fingerprint density at radius 3 is 2.89 bits per heavy atom. The third-order valence-electron chi connectivity index (χ3n) is 3.38. The molecular weight excluding hydrogens is 301 g/mol. The fourth-order valence-corrected chi connectivity index (χ4v) is 2.77. The molecule has 104 valence electrons. The number of quaternary nitrogens is 1. The molecule has 19 heavy (non-hydrogen) atoms. The summed E-state index contributed by atoms with van der Waals surface area (Å²) < 4.78 is 0. The van der Waals surface area contributed by atoms with Crippen molar-refractivity contribution in [2.45, 2.75) is 19.8 Å². The summed E-state index contributed by atoms with van der Waals surface area (Å²) in [7, 11) is 0. The first-order valence-electron chi connectivity index (χ1n) is 6.43. The second-order valence-corrected chi connectivity index (χ2v) is 5.82. The highest BCUT2D eigenvalue weighted by Crippen LogP contribution is 2.24. The lowest BCUT2D eigenvalue weighted by atomic mass is 10.0. The van der Waals surface area contributed by atoms with E-state index in [1.54, 1.807) is 11.0 Å². The van der Waals surface area contributed by atoms with E-state index in [9.17, 15) is 0 Å². The van der Waals surface area contributed by atoms with Gasteiger partial charge in [0, 0.05) is 11.5 Å². The van der Waals surface area contributed by atoms with Crippen molar-refractivity contribution < 1.29 is 17.3 Å². The molecule has 0 radical (unpaired) electrons. The first-order valence-corrected chi connectivity index (χ1v) is 7.19. The molecule has 0 amide bonds. The van der Waals surface area contributed by atoms with Crippen LogP contribution in [0.5, 0.6) is 0 Å². The van der Waals surface area contributed by atoms with Gasteiger partial charge in [-0.15, -0.1) is 0 Å². The minimum atomic E-state index is 0. The van der Waals surface area contributed by atoms with Gasteiger partial charge in [0.05, 0.1) is 23.1 Å². The average molecular weight is 319 g/mol. The summed E-state index contributed by atoms with van der Waals surface area (Å²) in [6.07, 6.45) is 2.67. The average Bonchev–Trinajstić information content (AvgIpc) is 2.35. The van der Waals surface area contributed by atoms with E-state index in [4.69, 9.17) is 23.2 Å². The molecule has 4 heteroatoms. The van der Waals surface area contributed by atoms with Gasteiger partial charge in [-0.2, -0.15) is 0 Å². The van der Waals surface area contributed by atoms with Gasteiger partial charge in [0.2, 0.25) is 0 Å². The number of hydrogen-bond acceptors (Lipinski definition) is 0. The molecule has 2 atom stereocenters. The fraction of sp³-hybridized carbons (Fsp3) is 0.467. The Morgan fingerprint density at radius 2 is 2.16 bits per heavy atom. The Morgan fingerprint density at radius 1 is 1.37 bits per heavy atom. The highest BCUT2D eigenvalue weighted by Gasteiger charge is 2.18. The molecule has 0 saturated carbocycles. The highest BCUT2D eigenvalue weighted by molar-refractivity contribution is 6.42. The molecule has 1 aliphatic heterocycles. The Hall–Kier alpha value is -0.390. The van der Waals surface area contributed by atoms with Crippen molar-refractivity contribution in [1.82, 2.24) is 0 Å². The predicted molar refractivity (Wildman–Crippen MR) is 77.3 cm³/mol. The zero-order valence-corrected chi connectivity index (χ0v) is 13.2. The minimum absolute atomic E-state index is 0. The van der Waals surface area contributed by atoms with Gasteiger partial charge < -0.3 is 17.3 Å². The van der Waals surface area contributed by atoms with Gasteiger partial charge in [0.15, 0.2) is 0 Å². The number of piperidine rings is 1. The number of nitrogens with one attached hydrogen (secondary N) is 1. The molecular formula is C15H18Cl3N. The van der Waals surface area contributed by atoms with Gasteiger partial charge in [-0.1, -0.05) is 42.1 Å². The van der Waals surface area contributed by atoms with E-state index < -0.39 is 0 Å². The van der Waals surface area contributed by atoms with Crippen LogP contribution in [-0.2, 0) is 0 Å². The van der Waals surface area contributed by atoms with E-state index in [2.05, 4.69) is 18.8 Å². The Bertz CT molecular complexity index is 476. The van der Waals surface area contributed by atoms with Crippen molar-refractivity contribution >= 4 is 23.2 Å².